The van der Waals surface area contributed by atoms with Crippen molar-refractivity contribution in [2.75, 3.05) is 12.4 Å². The Balaban J connectivity index is 2.13. The molecule has 22 heavy (non-hydrogen) atoms. The molecule has 8 heteroatoms. The van der Waals surface area contributed by atoms with Crippen molar-refractivity contribution in [3.63, 3.8) is 0 Å². The second kappa shape index (κ2) is 7.30. The van der Waals surface area contributed by atoms with Crippen molar-refractivity contribution in [3.05, 3.63) is 23.2 Å². The third kappa shape index (κ3) is 4.34. The molecule has 0 radical (unpaired) electrons. The van der Waals surface area contributed by atoms with Crippen molar-refractivity contribution in [2.24, 2.45) is 0 Å². The lowest BCUT2D eigenvalue weighted by Gasteiger charge is -2.22. The van der Waals surface area contributed by atoms with Crippen LogP contribution in [0.3, 0.4) is 0 Å². The normalized spacial score (nSPS) is 16.3. The molecule has 1 fully saturated rings. The van der Waals surface area contributed by atoms with Gasteiger partial charge in [-0.1, -0.05) is 30.9 Å². The fourth-order valence-corrected chi connectivity index (χ4v) is 4.08. The lowest BCUT2D eigenvalue weighted by atomic mass is 9.96. The molecular weight excluding hydrogens is 326 g/mol. The van der Waals surface area contributed by atoms with Crippen molar-refractivity contribution in [1.82, 2.24) is 10.0 Å². The van der Waals surface area contributed by atoms with Crippen LogP contribution in [0.1, 0.15) is 32.1 Å². The van der Waals surface area contributed by atoms with Crippen molar-refractivity contribution in [1.29, 1.82) is 0 Å². The maximum absolute atomic E-state index is 12.4. The highest BCUT2D eigenvalue weighted by molar-refractivity contribution is 7.89. The van der Waals surface area contributed by atoms with Crippen LogP contribution in [0, 0.1) is 0 Å². The molecular formula is C14H20ClN3O3S. The molecule has 0 bridgehead atoms. The Bertz CT molecular complexity index is 643. The highest BCUT2D eigenvalue weighted by Crippen LogP contribution is 2.26. The maximum atomic E-state index is 12.4. The standard InChI is InChI=1S/C14H20ClN3O3S/c1-16-14(19)17-13-8-7-11(9-12(13)15)22(20,21)18-10-5-3-2-4-6-10/h7-10,18H,2-6H2,1H3,(H2,16,17,19). The molecule has 0 aromatic heterocycles. The van der Waals surface area contributed by atoms with Crippen molar-refractivity contribution in [2.45, 2.75) is 43.0 Å². The van der Waals surface area contributed by atoms with E-state index in [1.165, 1.54) is 25.2 Å². The molecule has 2 amide bonds. The first-order valence-electron chi connectivity index (χ1n) is 7.23. The fourth-order valence-electron chi connectivity index (χ4n) is 2.46. The number of rotatable bonds is 4. The van der Waals surface area contributed by atoms with Gasteiger partial charge in [0.25, 0.3) is 0 Å². The number of halogens is 1. The summed E-state index contributed by atoms with van der Waals surface area (Å²) in [5.41, 5.74) is 0.359. The van der Waals surface area contributed by atoms with Crippen LogP contribution < -0.4 is 15.4 Å². The summed E-state index contributed by atoms with van der Waals surface area (Å²) >= 11 is 6.04. The molecule has 2 rings (SSSR count). The number of carbonyl (C=O) groups is 1. The summed E-state index contributed by atoms with van der Waals surface area (Å²) < 4.78 is 27.5. The Labute approximate surface area is 135 Å². The van der Waals surface area contributed by atoms with Crippen LogP contribution in [0.4, 0.5) is 10.5 Å². The number of sulfonamides is 1. The molecule has 0 atom stereocenters. The summed E-state index contributed by atoms with van der Waals surface area (Å²) in [5.74, 6) is 0. The lowest BCUT2D eigenvalue weighted by Crippen LogP contribution is -2.36. The Morgan fingerprint density at radius 2 is 1.91 bits per heavy atom. The van der Waals surface area contributed by atoms with Gasteiger partial charge in [0.1, 0.15) is 0 Å². The smallest absolute Gasteiger partial charge is 0.319 e. The highest BCUT2D eigenvalue weighted by Gasteiger charge is 2.22. The van der Waals surface area contributed by atoms with E-state index >= 15 is 0 Å². The van der Waals surface area contributed by atoms with E-state index in [1.807, 2.05) is 0 Å². The predicted molar refractivity (Wildman–Crippen MR) is 86.7 cm³/mol. The first kappa shape index (κ1) is 17.1. The molecule has 122 valence electrons. The third-order valence-electron chi connectivity index (χ3n) is 3.65. The average Bonchev–Trinajstić information content (AvgIpc) is 2.49. The molecule has 0 unspecified atom stereocenters. The minimum absolute atomic E-state index is 0.0128. The Kier molecular flexibility index (Phi) is 5.66. The van der Waals surface area contributed by atoms with Gasteiger partial charge in [0.05, 0.1) is 15.6 Å². The topological polar surface area (TPSA) is 87.3 Å². The van der Waals surface area contributed by atoms with Crippen LogP contribution in [0.2, 0.25) is 5.02 Å². The Morgan fingerprint density at radius 3 is 2.50 bits per heavy atom. The van der Waals surface area contributed by atoms with Gasteiger partial charge in [0, 0.05) is 13.1 Å². The molecule has 0 aliphatic heterocycles. The summed E-state index contributed by atoms with van der Waals surface area (Å²) in [6, 6.07) is 3.83. The van der Waals surface area contributed by atoms with Crippen LogP contribution in [0.15, 0.2) is 23.1 Å². The number of anilines is 1. The monoisotopic (exact) mass is 345 g/mol. The zero-order valence-electron chi connectivity index (χ0n) is 12.4. The fraction of sp³-hybridized carbons (Fsp3) is 0.500. The molecule has 1 aromatic carbocycles. The lowest BCUT2D eigenvalue weighted by molar-refractivity contribution is 0.254. The first-order valence-corrected chi connectivity index (χ1v) is 9.09. The van der Waals surface area contributed by atoms with Gasteiger partial charge < -0.3 is 10.6 Å². The summed E-state index contributed by atoms with van der Waals surface area (Å²) in [4.78, 5) is 11.4. The summed E-state index contributed by atoms with van der Waals surface area (Å²) in [6.07, 6.45) is 4.97. The quantitative estimate of drug-likeness (QED) is 0.784. The number of hydrogen-bond acceptors (Lipinski definition) is 3. The SMILES string of the molecule is CNC(=O)Nc1ccc(S(=O)(=O)NC2CCCCC2)cc1Cl. The molecule has 0 spiro atoms. The van der Waals surface area contributed by atoms with Gasteiger partial charge in [-0.2, -0.15) is 0 Å². The zero-order chi connectivity index (χ0) is 16.2. The van der Waals surface area contributed by atoms with Gasteiger partial charge in [0.2, 0.25) is 10.0 Å². The van der Waals surface area contributed by atoms with Gasteiger partial charge in [-0.3, -0.25) is 0 Å². The van der Waals surface area contributed by atoms with Gasteiger partial charge in [-0.05, 0) is 31.0 Å². The molecule has 0 heterocycles. The number of nitrogens with one attached hydrogen (secondary N) is 3. The Hall–Kier alpha value is -1.31. The number of carbonyl (C=O) groups excluding carboxylic acids is 1. The van der Waals surface area contributed by atoms with Gasteiger partial charge in [0.15, 0.2) is 0 Å². The van der Waals surface area contributed by atoms with E-state index in [4.69, 9.17) is 11.6 Å². The second-order valence-electron chi connectivity index (χ2n) is 5.30. The number of benzene rings is 1. The minimum atomic E-state index is -3.60. The Morgan fingerprint density at radius 1 is 1.23 bits per heavy atom. The predicted octanol–water partition coefficient (Wildman–Crippen LogP) is 2.70. The molecule has 1 saturated carbocycles. The number of amides is 2. The average molecular weight is 346 g/mol. The van der Waals surface area contributed by atoms with E-state index in [2.05, 4.69) is 15.4 Å². The van der Waals surface area contributed by atoms with Gasteiger partial charge in [-0.15, -0.1) is 0 Å². The van der Waals surface area contributed by atoms with Crippen molar-refractivity contribution >= 4 is 33.3 Å². The van der Waals surface area contributed by atoms with E-state index in [0.717, 1.165) is 32.1 Å². The molecule has 3 N–H and O–H groups in total. The van der Waals surface area contributed by atoms with Crippen molar-refractivity contribution in [3.8, 4) is 0 Å². The maximum Gasteiger partial charge on any atom is 0.319 e. The molecule has 6 nitrogen and oxygen atoms in total. The van der Waals surface area contributed by atoms with Crippen LogP contribution in [0.5, 0.6) is 0 Å². The van der Waals surface area contributed by atoms with Crippen LogP contribution in [0.25, 0.3) is 0 Å². The zero-order valence-corrected chi connectivity index (χ0v) is 13.9. The van der Waals surface area contributed by atoms with E-state index in [-0.39, 0.29) is 16.0 Å². The van der Waals surface area contributed by atoms with E-state index < -0.39 is 16.1 Å². The van der Waals surface area contributed by atoms with E-state index in [1.54, 1.807) is 0 Å². The second-order valence-corrected chi connectivity index (χ2v) is 7.42. The summed E-state index contributed by atoms with van der Waals surface area (Å²) in [5, 5.41) is 5.10. The largest absolute Gasteiger partial charge is 0.341 e. The summed E-state index contributed by atoms with van der Waals surface area (Å²) in [6.45, 7) is 0. The van der Waals surface area contributed by atoms with Gasteiger partial charge >= 0.3 is 6.03 Å². The molecule has 1 aliphatic rings. The third-order valence-corrected chi connectivity index (χ3v) is 5.48. The van der Waals surface area contributed by atoms with E-state index in [0.29, 0.717) is 5.69 Å². The molecule has 1 aromatic rings. The number of hydrogen-bond donors (Lipinski definition) is 3. The van der Waals surface area contributed by atoms with Crippen LogP contribution in [-0.2, 0) is 10.0 Å². The first-order chi connectivity index (χ1) is 10.4. The van der Waals surface area contributed by atoms with Gasteiger partial charge in [-0.25, -0.2) is 17.9 Å². The van der Waals surface area contributed by atoms with Crippen LogP contribution >= 0.6 is 11.6 Å². The van der Waals surface area contributed by atoms with Crippen LogP contribution in [-0.4, -0.2) is 27.5 Å². The molecule has 1 aliphatic carbocycles. The summed E-state index contributed by atoms with van der Waals surface area (Å²) in [7, 11) is -2.11. The minimum Gasteiger partial charge on any atom is -0.341 e. The van der Waals surface area contributed by atoms with E-state index in [9.17, 15) is 13.2 Å². The number of urea groups is 1. The van der Waals surface area contributed by atoms with Crippen molar-refractivity contribution < 1.29 is 13.2 Å². The highest BCUT2D eigenvalue weighted by atomic mass is 35.5. The molecule has 0 saturated heterocycles.